The van der Waals surface area contributed by atoms with Gasteiger partial charge in [0.15, 0.2) is 0 Å². The summed E-state index contributed by atoms with van der Waals surface area (Å²) >= 11 is 1.60. The second-order valence-electron chi connectivity index (χ2n) is 3.98. The van der Waals surface area contributed by atoms with E-state index in [2.05, 4.69) is 17.2 Å². The molecular weight excluding hydrogens is 224 g/mol. The van der Waals surface area contributed by atoms with E-state index in [4.69, 9.17) is 5.11 Å². The van der Waals surface area contributed by atoms with Crippen molar-refractivity contribution < 1.29 is 9.90 Å². The number of nitrogens with zero attached hydrogens (tertiary/aromatic N) is 1. The molecule has 0 aliphatic carbocycles. The smallest absolute Gasteiger partial charge is 0.303 e. The Bertz CT molecular complexity index is 301. The maximum absolute atomic E-state index is 10.4. The minimum atomic E-state index is -0.706. The third-order valence-corrected chi connectivity index (χ3v) is 3.09. The maximum atomic E-state index is 10.4. The van der Waals surface area contributed by atoms with Crippen molar-refractivity contribution in [2.24, 2.45) is 5.92 Å². The number of hydrogen-bond acceptors (Lipinski definition) is 4. The van der Waals surface area contributed by atoms with Gasteiger partial charge in [-0.25, -0.2) is 4.98 Å². The van der Waals surface area contributed by atoms with Crippen molar-refractivity contribution in [3.8, 4) is 0 Å². The van der Waals surface area contributed by atoms with Gasteiger partial charge >= 0.3 is 5.97 Å². The number of aliphatic carboxylic acids is 1. The predicted molar refractivity (Wildman–Crippen MR) is 64.5 cm³/mol. The molecule has 1 aromatic rings. The molecule has 2 N–H and O–H groups in total. The van der Waals surface area contributed by atoms with E-state index in [9.17, 15) is 4.79 Å². The lowest BCUT2D eigenvalue weighted by molar-refractivity contribution is -0.137. The van der Waals surface area contributed by atoms with Crippen molar-refractivity contribution in [2.45, 2.75) is 32.7 Å². The molecule has 1 heterocycles. The quantitative estimate of drug-likeness (QED) is 0.685. The van der Waals surface area contributed by atoms with Gasteiger partial charge in [0.1, 0.15) is 0 Å². The number of nitrogens with one attached hydrogen (secondary N) is 1. The van der Waals surface area contributed by atoms with E-state index in [0.717, 1.165) is 31.6 Å². The lowest BCUT2D eigenvalue weighted by Gasteiger charge is -2.09. The molecule has 1 rings (SSSR count). The Morgan fingerprint density at radius 2 is 2.44 bits per heavy atom. The molecule has 1 unspecified atom stereocenters. The van der Waals surface area contributed by atoms with Crippen molar-refractivity contribution in [1.82, 2.24) is 10.3 Å². The van der Waals surface area contributed by atoms with Crippen LogP contribution in [0.25, 0.3) is 0 Å². The summed E-state index contributed by atoms with van der Waals surface area (Å²) in [6.07, 6.45) is 2.04. The predicted octanol–water partition coefficient (Wildman–Crippen LogP) is 2.12. The van der Waals surface area contributed by atoms with E-state index in [-0.39, 0.29) is 6.42 Å². The summed E-state index contributed by atoms with van der Waals surface area (Å²) in [7, 11) is 0. The van der Waals surface area contributed by atoms with Crippen LogP contribution in [0.3, 0.4) is 0 Å². The zero-order valence-corrected chi connectivity index (χ0v) is 10.3. The van der Waals surface area contributed by atoms with Crippen LogP contribution in [-0.2, 0) is 11.3 Å². The van der Waals surface area contributed by atoms with Gasteiger partial charge in [0.2, 0.25) is 0 Å². The fourth-order valence-electron chi connectivity index (χ4n) is 1.40. The van der Waals surface area contributed by atoms with Gasteiger partial charge in [0.05, 0.1) is 11.2 Å². The number of carboxylic acid groups (broad SMARTS) is 1. The highest BCUT2D eigenvalue weighted by molar-refractivity contribution is 7.07. The van der Waals surface area contributed by atoms with Crippen LogP contribution in [0.1, 0.15) is 31.9 Å². The zero-order chi connectivity index (χ0) is 11.8. The lowest BCUT2D eigenvalue weighted by atomic mass is 10.0. The Kier molecular flexibility index (Phi) is 6.03. The van der Waals surface area contributed by atoms with Crippen molar-refractivity contribution in [3.63, 3.8) is 0 Å². The molecule has 0 saturated heterocycles. The van der Waals surface area contributed by atoms with Crippen LogP contribution >= 0.6 is 11.3 Å². The van der Waals surface area contributed by atoms with Gasteiger partial charge < -0.3 is 10.4 Å². The second kappa shape index (κ2) is 7.35. The molecule has 0 amide bonds. The largest absolute Gasteiger partial charge is 0.481 e. The minimum Gasteiger partial charge on any atom is -0.481 e. The lowest BCUT2D eigenvalue weighted by Crippen LogP contribution is -2.17. The summed E-state index contributed by atoms with van der Waals surface area (Å²) < 4.78 is 0. The molecule has 90 valence electrons. The Morgan fingerprint density at radius 3 is 3.06 bits per heavy atom. The van der Waals surface area contributed by atoms with Gasteiger partial charge in [0, 0.05) is 18.3 Å². The van der Waals surface area contributed by atoms with Crippen molar-refractivity contribution in [3.05, 3.63) is 16.6 Å². The third kappa shape index (κ3) is 5.82. The summed E-state index contributed by atoms with van der Waals surface area (Å²) in [4.78, 5) is 14.5. The van der Waals surface area contributed by atoms with Gasteiger partial charge in [0.25, 0.3) is 0 Å². The summed E-state index contributed by atoms with van der Waals surface area (Å²) in [6, 6.07) is 0. The molecule has 4 nitrogen and oxygen atoms in total. The topological polar surface area (TPSA) is 62.2 Å². The van der Waals surface area contributed by atoms with E-state index in [0.29, 0.717) is 5.92 Å². The molecule has 5 heteroatoms. The molecule has 0 bridgehead atoms. The molecule has 16 heavy (non-hydrogen) atoms. The van der Waals surface area contributed by atoms with E-state index in [1.807, 2.05) is 10.9 Å². The summed E-state index contributed by atoms with van der Waals surface area (Å²) in [6.45, 7) is 3.81. The number of carboxylic acids is 1. The standard InChI is InChI=1S/C11H18N2O2S/c1-9(2-3-11(14)15)4-5-12-6-10-7-16-8-13-10/h7-9,12H,2-6H2,1H3,(H,14,15). The highest BCUT2D eigenvalue weighted by Crippen LogP contribution is 2.09. The molecule has 0 spiro atoms. The Balaban J connectivity index is 2.00. The molecule has 0 aliphatic heterocycles. The number of carbonyl (C=O) groups is 1. The van der Waals surface area contributed by atoms with Crippen molar-refractivity contribution in [2.75, 3.05) is 6.54 Å². The summed E-state index contributed by atoms with van der Waals surface area (Å²) in [5, 5.41) is 13.9. The van der Waals surface area contributed by atoms with E-state index in [1.54, 1.807) is 11.3 Å². The number of hydrogen-bond donors (Lipinski definition) is 2. The third-order valence-electron chi connectivity index (χ3n) is 2.45. The fourth-order valence-corrected chi connectivity index (χ4v) is 1.96. The first-order valence-corrected chi connectivity index (χ1v) is 6.42. The van der Waals surface area contributed by atoms with Crippen LogP contribution in [0, 0.1) is 5.92 Å². The first-order valence-electron chi connectivity index (χ1n) is 5.48. The second-order valence-corrected chi connectivity index (χ2v) is 4.70. The Morgan fingerprint density at radius 1 is 1.62 bits per heavy atom. The molecule has 1 aromatic heterocycles. The molecule has 0 saturated carbocycles. The van der Waals surface area contributed by atoms with Crippen LogP contribution in [0.15, 0.2) is 10.9 Å². The van der Waals surface area contributed by atoms with Gasteiger partial charge in [-0.2, -0.15) is 0 Å². The highest BCUT2D eigenvalue weighted by atomic mass is 32.1. The molecule has 0 aromatic carbocycles. The first-order chi connectivity index (χ1) is 7.68. The molecule has 1 atom stereocenters. The van der Waals surface area contributed by atoms with Gasteiger partial charge in [-0.3, -0.25) is 4.79 Å². The number of thiazole rings is 1. The monoisotopic (exact) mass is 242 g/mol. The van der Waals surface area contributed by atoms with Crippen LogP contribution in [0.4, 0.5) is 0 Å². The SMILES string of the molecule is CC(CCNCc1cscn1)CCC(=O)O. The summed E-state index contributed by atoms with van der Waals surface area (Å²) in [5.41, 5.74) is 2.90. The van der Waals surface area contributed by atoms with Crippen molar-refractivity contribution in [1.29, 1.82) is 0 Å². The first kappa shape index (κ1) is 13.1. The average Bonchev–Trinajstić information content (AvgIpc) is 2.74. The normalized spacial score (nSPS) is 12.6. The van der Waals surface area contributed by atoms with E-state index in [1.165, 1.54) is 0 Å². The van der Waals surface area contributed by atoms with Crippen LogP contribution < -0.4 is 5.32 Å². The zero-order valence-electron chi connectivity index (χ0n) is 9.48. The molecule has 0 fully saturated rings. The van der Waals surface area contributed by atoms with Gasteiger partial charge in [-0.15, -0.1) is 11.3 Å². The van der Waals surface area contributed by atoms with E-state index < -0.39 is 5.97 Å². The van der Waals surface area contributed by atoms with Crippen LogP contribution in [0.5, 0.6) is 0 Å². The molecule has 0 radical (unpaired) electrons. The average molecular weight is 242 g/mol. The fraction of sp³-hybridized carbons (Fsp3) is 0.636. The maximum Gasteiger partial charge on any atom is 0.303 e. The Hall–Kier alpha value is -0.940. The number of rotatable bonds is 8. The summed E-state index contributed by atoms with van der Waals surface area (Å²) in [5.74, 6) is -0.249. The van der Waals surface area contributed by atoms with Gasteiger partial charge in [-0.1, -0.05) is 6.92 Å². The Labute approximate surface area is 99.7 Å². The van der Waals surface area contributed by atoms with E-state index >= 15 is 0 Å². The highest BCUT2D eigenvalue weighted by Gasteiger charge is 2.05. The van der Waals surface area contributed by atoms with Crippen LogP contribution in [-0.4, -0.2) is 22.6 Å². The van der Waals surface area contributed by atoms with Gasteiger partial charge in [-0.05, 0) is 25.3 Å². The minimum absolute atomic E-state index is 0.271. The van der Waals surface area contributed by atoms with Crippen molar-refractivity contribution >= 4 is 17.3 Å². The molecular formula is C11H18N2O2S. The van der Waals surface area contributed by atoms with Crippen LogP contribution in [0.2, 0.25) is 0 Å². The number of aromatic nitrogens is 1. The molecule has 0 aliphatic rings.